The van der Waals surface area contributed by atoms with Crippen LogP contribution in [0, 0.1) is 0 Å². The van der Waals surface area contributed by atoms with Crippen LogP contribution in [0.1, 0.15) is 43.9 Å². The van der Waals surface area contributed by atoms with Crippen molar-refractivity contribution in [3.05, 3.63) is 66.0 Å². The van der Waals surface area contributed by atoms with Crippen LogP contribution in [0.3, 0.4) is 0 Å². The number of nitrogens with zero attached hydrogens (tertiary/aromatic N) is 1. The molecular weight excluding hydrogens is 246 g/mol. The van der Waals surface area contributed by atoms with E-state index >= 15 is 0 Å². The minimum atomic E-state index is -0.0287. The Labute approximate surface area is 121 Å². The maximum Gasteiger partial charge on any atom is 0.0571 e. The van der Waals surface area contributed by atoms with Gasteiger partial charge in [0, 0.05) is 17.8 Å². The summed E-state index contributed by atoms with van der Waals surface area (Å²) in [5.41, 5.74) is 5.43. The van der Waals surface area contributed by atoms with Crippen molar-refractivity contribution in [1.29, 1.82) is 0 Å². The second-order valence-corrected chi connectivity index (χ2v) is 5.12. The SMILES string of the molecule is CCC(CC)(c1ccccc1)C(NN)c1cccnc1. The fourth-order valence-electron chi connectivity index (χ4n) is 3.12. The molecule has 1 heterocycles. The van der Waals surface area contributed by atoms with E-state index in [1.165, 1.54) is 5.56 Å². The van der Waals surface area contributed by atoms with Crippen molar-refractivity contribution in [2.24, 2.45) is 5.84 Å². The Kier molecular flexibility index (Phi) is 4.88. The number of hydrogen-bond acceptors (Lipinski definition) is 3. The largest absolute Gasteiger partial charge is 0.271 e. The van der Waals surface area contributed by atoms with E-state index in [4.69, 9.17) is 5.84 Å². The van der Waals surface area contributed by atoms with Crippen LogP contribution in [0.4, 0.5) is 0 Å². The van der Waals surface area contributed by atoms with Gasteiger partial charge in [-0.3, -0.25) is 16.3 Å². The lowest BCUT2D eigenvalue weighted by atomic mass is 9.68. The third-order valence-electron chi connectivity index (χ3n) is 4.35. The summed E-state index contributed by atoms with van der Waals surface area (Å²) in [5.74, 6) is 5.90. The van der Waals surface area contributed by atoms with Crippen molar-refractivity contribution < 1.29 is 0 Å². The Morgan fingerprint density at radius 2 is 1.80 bits per heavy atom. The molecule has 3 nitrogen and oxygen atoms in total. The molecule has 20 heavy (non-hydrogen) atoms. The van der Waals surface area contributed by atoms with E-state index in [9.17, 15) is 0 Å². The number of benzene rings is 1. The molecule has 0 spiro atoms. The summed E-state index contributed by atoms with van der Waals surface area (Å²) in [6.45, 7) is 4.44. The van der Waals surface area contributed by atoms with Crippen LogP contribution < -0.4 is 11.3 Å². The average Bonchev–Trinajstić information content (AvgIpc) is 2.54. The summed E-state index contributed by atoms with van der Waals surface area (Å²) in [7, 11) is 0. The number of pyridine rings is 1. The molecule has 0 aliphatic rings. The lowest BCUT2D eigenvalue weighted by Crippen LogP contribution is -2.44. The highest BCUT2D eigenvalue weighted by atomic mass is 15.2. The molecule has 3 heteroatoms. The topological polar surface area (TPSA) is 50.9 Å². The minimum Gasteiger partial charge on any atom is -0.271 e. The Morgan fingerprint density at radius 3 is 2.30 bits per heavy atom. The molecule has 2 rings (SSSR count). The standard InChI is InChI=1S/C17H23N3/c1-3-17(4-2,15-10-6-5-7-11-15)16(20-18)14-9-8-12-19-13-14/h5-13,16,20H,3-4,18H2,1-2H3. The molecule has 0 aliphatic heterocycles. The quantitative estimate of drug-likeness (QED) is 0.624. The number of nitrogens with one attached hydrogen (secondary N) is 1. The van der Waals surface area contributed by atoms with E-state index in [-0.39, 0.29) is 11.5 Å². The second kappa shape index (κ2) is 6.64. The summed E-state index contributed by atoms with van der Waals surface area (Å²) in [6, 6.07) is 14.7. The smallest absolute Gasteiger partial charge is 0.0571 e. The Bertz CT molecular complexity index is 506. The van der Waals surface area contributed by atoms with Crippen molar-refractivity contribution in [2.45, 2.75) is 38.1 Å². The first-order chi connectivity index (χ1) is 9.78. The van der Waals surface area contributed by atoms with Gasteiger partial charge in [0.05, 0.1) is 6.04 Å². The average molecular weight is 269 g/mol. The van der Waals surface area contributed by atoms with Crippen molar-refractivity contribution >= 4 is 0 Å². The molecule has 106 valence electrons. The van der Waals surface area contributed by atoms with Gasteiger partial charge in [0.25, 0.3) is 0 Å². The Hall–Kier alpha value is -1.71. The lowest BCUT2D eigenvalue weighted by molar-refractivity contribution is 0.276. The van der Waals surface area contributed by atoms with Crippen LogP contribution in [0.5, 0.6) is 0 Å². The molecule has 0 saturated carbocycles. The normalized spacial score (nSPS) is 13.2. The van der Waals surface area contributed by atoms with Gasteiger partial charge in [-0.25, -0.2) is 0 Å². The van der Waals surface area contributed by atoms with Gasteiger partial charge in [-0.05, 0) is 30.0 Å². The Morgan fingerprint density at radius 1 is 1.10 bits per heavy atom. The van der Waals surface area contributed by atoms with Crippen LogP contribution in [-0.4, -0.2) is 4.98 Å². The number of hydrogen-bond donors (Lipinski definition) is 2. The maximum absolute atomic E-state index is 5.90. The molecular formula is C17H23N3. The fourth-order valence-corrected chi connectivity index (χ4v) is 3.12. The van der Waals surface area contributed by atoms with Gasteiger partial charge in [0.2, 0.25) is 0 Å². The van der Waals surface area contributed by atoms with Gasteiger partial charge in [-0.1, -0.05) is 50.2 Å². The monoisotopic (exact) mass is 269 g/mol. The Balaban J connectivity index is 2.51. The number of aromatic nitrogens is 1. The minimum absolute atomic E-state index is 0.0287. The summed E-state index contributed by atoms with van der Waals surface area (Å²) in [4.78, 5) is 4.23. The van der Waals surface area contributed by atoms with Crippen molar-refractivity contribution in [3.63, 3.8) is 0 Å². The van der Waals surface area contributed by atoms with Crippen molar-refractivity contribution in [1.82, 2.24) is 10.4 Å². The molecule has 2 aromatic rings. The summed E-state index contributed by atoms with van der Waals surface area (Å²) in [5, 5.41) is 0. The van der Waals surface area contributed by atoms with Gasteiger partial charge in [-0.2, -0.15) is 0 Å². The zero-order valence-electron chi connectivity index (χ0n) is 12.2. The highest BCUT2D eigenvalue weighted by Gasteiger charge is 2.37. The molecule has 1 aromatic heterocycles. The first-order valence-corrected chi connectivity index (χ1v) is 7.20. The van der Waals surface area contributed by atoms with Gasteiger partial charge in [0.1, 0.15) is 0 Å². The lowest BCUT2D eigenvalue weighted by Gasteiger charge is -2.40. The maximum atomic E-state index is 5.90. The van der Waals surface area contributed by atoms with E-state index in [1.807, 2.05) is 12.3 Å². The molecule has 0 radical (unpaired) electrons. The molecule has 0 amide bonds. The van der Waals surface area contributed by atoms with E-state index < -0.39 is 0 Å². The predicted octanol–water partition coefficient (Wildman–Crippen LogP) is 3.34. The molecule has 0 bridgehead atoms. The summed E-state index contributed by atoms with van der Waals surface area (Å²) in [6.07, 6.45) is 5.71. The van der Waals surface area contributed by atoms with Crippen LogP contribution in [0.25, 0.3) is 0 Å². The summed E-state index contributed by atoms with van der Waals surface area (Å²) >= 11 is 0. The zero-order valence-corrected chi connectivity index (χ0v) is 12.2. The van der Waals surface area contributed by atoms with Crippen LogP contribution in [0.15, 0.2) is 54.9 Å². The molecule has 0 aliphatic carbocycles. The second-order valence-electron chi connectivity index (χ2n) is 5.12. The van der Waals surface area contributed by atoms with E-state index in [1.54, 1.807) is 6.20 Å². The van der Waals surface area contributed by atoms with E-state index in [2.05, 4.69) is 60.7 Å². The molecule has 0 saturated heterocycles. The number of nitrogens with two attached hydrogens (primary N) is 1. The van der Waals surface area contributed by atoms with E-state index in [0.29, 0.717) is 0 Å². The third kappa shape index (κ3) is 2.60. The molecule has 1 atom stereocenters. The number of rotatable bonds is 6. The van der Waals surface area contributed by atoms with Crippen LogP contribution >= 0.6 is 0 Å². The highest BCUT2D eigenvalue weighted by Crippen LogP contribution is 2.42. The predicted molar refractivity (Wildman–Crippen MR) is 83.0 cm³/mol. The first kappa shape index (κ1) is 14.7. The highest BCUT2D eigenvalue weighted by molar-refractivity contribution is 5.32. The van der Waals surface area contributed by atoms with Crippen LogP contribution in [0.2, 0.25) is 0 Å². The fraction of sp³-hybridized carbons (Fsp3) is 0.353. The summed E-state index contributed by atoms with van der Waals surface area (Å²) < 4.78 is 0. The van der Waals surface area contributed by atoms with Crippen molar-refractivity contribution in [3.8, 4) is 0 Å². The van der Waals surface area contributed by atoms with Gasteiger partial charge >= 0.3 is 0 Å². The van der Waals surface area contributed by atoms with Crippen molar-refractivity contribution in [2.75, 3.05) is 0 Å². The van der Waals surface area contributed by atoms with Gasteiger partial charge < -0.3 is 0 Å². The van der Waals surface area contributed by atoms with Gasteiger partial charge in [-0.15, -0.1) is 0 Å². The van der Waals surface area contributed by atoms with Crippen LogP contribution in [-0.2, 0) is 5.41 Å². The molecule has 1 unspecified atom stereocenters. The van der Waals surface area contributed by atoms with Gasteiger partial charge in [0.15, 0.2) is 0 Å². The molecule has 0 fully saturated rings. The zero-order chi connectivity index (χ0) is 14.4. The molecule has 3 N–H and O–H groups in total. The first-order valence-electron chi connectivity index (χ1n) is 7.20. The number of hydrazine groups is 1. The molecule has 1 aromatic carbocycles. The van der Waals surface area contributed by atoms with E-state index in [0.717, 1.165) is 18.4 Å². The third-order valence-corrected chi connectivity index (χ3v) is 4.35.